The van der Waals surface area contributed by atoms with Crippen molar-refractivity contribution in [1.29, 1.82) is 0 Å². The van der Waals surface area contributed by atoms with Crippen LogP contribution in [-0.4, -0.2) is 6.67 Å². The van der Waals surface area contributed by atoms with Crippen LogP contribution in [0.15, 0.2) is 48.5 Å². The van der Waals surface area contributed by atoms with Gasteiger partial charge in [-0.1, -0.05) is 71.7 Å². The van der Waals surface area contributed by atoms with Crippen molar-refractivity contribution < 1.29 is 0 Å². The van der Waals surface area contributed by atoms with Gasteiger partial charge < -0.3 is 17.2 Å². The molecule has 2 aromatic rings. The second-order valence-electron chi connectivity index (χ2n) is 4.14. The lowest BCUT2D eigenvalue weighted by Crippen LogP contribution is -2.08. The van der Waals surface area contributed by atoms with Crippen LogP contribution in [0.25, 0.3) is 0 Å². The van der Waals surface area contributed by atoms with Crippen LogP contribution < -0.4 is 17.2 Å². The monoisotopic (exact) mass is 307 g/mol. The third kappa shape index (κ3) is 10.9. The fraction of sp³-hybridized carbons (Fsp3) is 0.368. The first-order valence-electron chi connectivity index (χ1n) is 5.96. The Bertz CT molecular complexity index is 404. The molecule has 0 aromatic heterocycles. The molecule has 0 amide bonds. The maximum absolute atomic E-state index is 5.64. The number of benzene rings is 2. The quantitative estimate of drug-likeness (QED) is 0.561. The second-order valence-corrected chi connectivity index (χ2v) is 4.14. The summed E-state index contributed by atoms with van der Waals surface area (Å²) in [6.07, 6.45) is 0.973. The van der Waals surface area contributed by atoms with E-state index in [-0.39, 0.29) is 36.4 Å². The van der Waals surface area contributed by atoms with Gasteiger partial charge in [-0.3, -0.25) is 0 Å². The molecule has 6 N–H and O–H groups in total. The first-order valence-corrected chi connectivity index (χ1v) is 5.96. The Hall–Kier alpha value is -1.84. The number of rotatable bonds is 2. The highest BCUT2D eigenvalue weighted by molar-refractivity contribution is 5.40. The molecule has 0 spiro atoms. The van der Waals surface area contributed by atoms with E-state index in [0.717, 1.165) is 12.1 Å². The molecule has 0 saturated carbocycles. The van der Waals surface area contributed by atoms with Gasteiger partial charge in [0.15, 0.2) is 0 Å². The predicted octanol–water partition coefficient (Wildman–Crippen LogP) is 4.57. The minimum atomic E-state index is 0. The standard InChI is InChI=1S/C14H15N.CH6N2.4CH4/c1-11-2-4-12(5-3-11)10-13-6-8-14(15)9-7-13;2-1-3;;;;/h2-9H,10,15H2,1H3;1-3H2;4*1H4. The van der Waals surface area contributed by atoms with Crippen molar-refractivity contribution in [3.63, 3.8) is 0 Å². The van der Waals surface area contributed by atoms with Crippen LogP contribution >= 0.6 is 0 Å². The minimum Gasteiger partial charge on any atom is -0.399 e. The van der Waals surface area contributed by atoms with E-state index >= 15 is 0 Å². The topological polar surface area (TPSA) is 78.1 Å². The van der Waals surface area contributed by atoms with Crippen LogP contribution in [-0.2, 0) is 6.42 Å². The lowest BCUT2D eigenvalue weighted by Gasteiger charge is -2.02. The molecular formula is C19H37N3. The van der Waals surface area contributed by atoms with Crippen LogP contribution in [0.5, 0.6) is 0 Å². The number of hydrogen-bond acceptors (Lipinski definition) is 3. The molecule has 0 unspecified atom stereocenters. The molecule has 2 aromatic carbocycles. The molecule has 22 heavy (non-hydrogen) atoms. The molecule has 0 aliphatic rings. The normalized spacial score (nSPS) is 7.77. The summed E-state index contributed by atoms with van der Waals surface area (Å²) >= 11 is 0. The van der Waals surface area contributed by atoms with Crippen molar-refractivity contribution in [2.45, 2.75) is 43.1 Å². The summed E-state index contributed by atoms with van der Waals surface area (Å²) in [5.41, 5.74) is 19.7. The number of nitrogens with two attached hydrogens (primary N) is 3. The molecular weight excluding hydrogens is 270 g/mol. The number of aryl methyl sites for hydroxylation is 1. The SMILES string of the molecule is C.C.C.C.Cc1ccc(Cc2ccc(N)cc2)cc1.NCN. The molecule has 128 valence electrons. The highest BCUT2D eigenvalue weighted by atomic mass is 14.7. The van der Waals surface area contributed by atoms with Crippen molar-refractivity contribution >= 4 is 5.69 Å². The molecule has 0 radical (unpaired) electrons. The van der Waals surface area contributed by atoms with E-state index in [1.165, 1.54) is 16.7 Å². The Morgan fingerprint density at radius 2 is 1.00 bits per heavy atom. The average Bonchev–Trinajstić information content (AvgIpc) is 2.36. The van der Waals surface area contributed by atoms with E-state index in [2.05, 4.69) is 54.8 Å². The summed E-state index contributed by atoms with van der Waals surface area (Å²) in [6, 6.07) is 16.7. The molecule has 0 heterocycles. The largest absolute Gasteiger partial charge is 0.399 e. The lowest BCUT2D eigenvalue weighted by molar-refractivity contribution is 1.07. The van der Waals surface area contributed by atoms with Gasteiger partial charge >= 0.3 is 0 Å². The summed E-state index contributed by atoms with van der Waals surface area (Å²) < 4.78 is 0. The third-order valence-corrected chi connectivity index (χ3v) is 2.51. The van der Waals surface area contributed by atoms with Gasteiger partial charge in [-0.25, -0.2) is 0 Å². The Balaban J connectivity index is -0.000000215. The lowest BCUT2D eigenvalue weighted by atomic mass is 10.0. The maximum Gasteiger partial charge on any atom is 0.0403 e. The molecule has 0 aliphatic heterocycles. The van der Waals surface area contributed by atoms with E-state index in [9.17, 15) is 0 Å². The average molecular weight is 308 g/mol. The fourth-order valence-electron chi connectivity index (χ4n) is 1.58. The van der Waals surface area contributed by atoms with Crippen LogP contribution in [0.4, 0.5) is 5.69 Å². The molecule has 3 heteroatoms. The number of hydrogen-bond donors (Lipinski definition) is 3. The number of anilines is 1. The van der Waals surface area contributed by atoms with Gasteiger partial charge in [0, 0.05) is 12.4 Å². The maximum atomic E-state index is 5.64. The Labute approximate surface area is 138 Å². The number of nitrogen functional groups attached to an aromatic ring is 1. The molecule has 0 aliphatic carbocycles. The summed E-state index contributed by atoms with van der Waals surface area (Å²) in [7, 11) is 0. The zero-order valence-corrected chi connectivity index (χ0v) is 10.8. The minimum absolute atomic E-state index is 0. The van der Waals surface area contributed by atoms with Gasteiger partial charge in [-0.2, -0.15) is 0 Å². The van der Waals surface area contributed by atoms with Crippen molar-refractivity contribution in [2.75, 3.05) is 12.4 Å². The Kier molecular flexibility index (Phi) is 20.0. The molecule has 0 atom stereocenters. The van der Waals surface area contributed by atoms with E-state index in [4.69, 9.17) is 5.73 Å². The summed E-state index contributed by atoms with van der Waals surface area (Å²) in [5.74, 6) is 0. The molecule has 0 saturated heterocycles. The predicted molar refractivity (Wildman–Crippen MR) is 105 cm³/mol. The van der Waals surface area contributed by atoms with Gasteiger partial charge in [0.2, 0.25) is 0 Å². The van der Waals surface area contributed by atoms with Gasteiger partial charge in [-0.15, -0.1) is 0 Å². The van der Waals surface area contributed by atoms with E-state index in [1.54, 1.807) is 0 Å². The Morgan fingerprint density at radius 3 is 1.36 bits per heavy atom. The Morgan fingerprint density at radius 1 is 0.682 bits per heavy atom. The van der Waals surface area contributed by atoms with Gasteiger partial charge in [0.25, 0.3) is 0 Å². The second kappa shape index (κ2) is 15.5. The molecule has 3 nitrogen and oxygen atoms in total. The van der Waals surface area contributed by atoms with Gasteiger partial charge in [0.05, 0.1) is 0 Å². The molecule has 0 bridgehead atoms. The van der Waals surface area contributed by atoms with E-state index in [1.807, 2.05) is 12.1 Å². The highest BCUT2D eigenvalue weighted by Crippen LogP contribution is 2.12. The van der Waals surface area contributed by atoms with Crippen molar-refractivity contribution in [1.82, 2.24) is 0 Å². The van der Waals surface area contributed by atoms with Crippen molar-refractivity contribution in [2.24, 2.45) is 11.5 Å². The van der Waals surface area contributed by atoms with Crippen LogP contribution in [0, 0.1) is 6.92 Å². The summed E-state index contributed by atoms with van der Waals surface area (Å²) in [4.78, 5) is 0. The smallest absolute Gasteiger partial charge is 0.0403 e. The van der Waals surface area contributed by atoms with E-state index in [0.29, 0.717) is 0 Å². The molecule has 0 fully saturated rings. The summed E-state index contributed by atoms with van der Waals surface area (Å²) in [5, 5.41) is 0. The van der Waals surface area contributed by atoms with E-state index < -0.39 is 0 Å². The van der Waals surface area contributed by atoms with Crippen LogP contribution in [0.2, 0.25) is 0 Å². The van der Waals surface area contributed by atoms with Gasteiger partial charge in [-0.05, 0) is 36.6 Å². The summed E-state index contributed by atoms with van der Waals surface area (Å²) in [6.45, 7) is 2.35. The van der Waals surface area contributed by atoms with Crippen molar-refractivity contribution in [3.8, 4) is 0 Å². The highest BCUT2D eigenvalue weighted by Gasteiger charge is 1.95. The first-order chi connectivity index (χ1) is 8.65. The first kappa shape index (κ1) is 28.3. The fourth-order valence-corrected chi connectivity index (χ4v) is 1.58. The van der Waals surface area contributed by atoms with Crippen LogP contribution in [0.1, 0.15) is 46.4 Å². The van der Waals surface area contributed by atoms with Gasteiger partial charge in [0.1, 0.15) is 0 Å². The zero-order chi connectivity index (χ0) is 13.4. The third-order valence-electron chi connectivity index (χ3n) is 2.51. The van der Waals surface area contributed by atoms with Crippen molar-refractivity contribution in [3.05, 3.63) is 65.2 Å². The zero-order valence-electron chi connectivity index (χ0n) is 10.8. The van der Waals surface area contributed by atoms with Crippen LogP contribution in [0.3, 0.4) is 0 Å². The molecule has 2 rings (SSSR count).